The molecule has 106 valence electrons. The highest BCUT2D eigenvalue weighted by atomic mass is 19.2. The van der Waals surface area contributed by atoms with Crippen molar-refractivity contribution >= 4 is 10.9 Å². The number of pyridine rings is 1. The van der Waals surface area contributed by atoms with Crippen molar-refractivity contribution in [3.05, 3.63) is 65.2 Å². The van der Waals surface area contributed by atoms with Crippen LogP contribution in [0.5, 0.6) is 0 Å². The van der Waals surface area contributed by atoms with Crippen LogP contribution in [0.2, 0.25) is 0 Å². The van der Waals surface area contributed by atoms with Gasteiger partial charge in [-0.15, -0.1) is 0 Å². The van der Waals surface area contributed by atoms with Crippen LogP contribution in [0.3, 0.4) is 0 Å². The van der Waals surface area contributed by atoms with Crippen LogP contribution in [0, 0.1) is 30.2 Å². The largest absolute Gasteiger partial charge is 0.248 e. The normalized spacial score (nSPS) is 11.1. The van der Waals surface area contributed by atoms with Gasteiger partial charge in [-0.25, -0.2) is 22.5 Å². The number of aryl methyl sites for hydroxylation is 1. The van der Waals surface area contributed by atoms with Crippen LogP contribution in [0.15, 0.2) is 36.4 Å². The van der Waals surface area contributed by atoms with E-state index in [0.29, 0.717) is 11.6 Å². The third-order valence-electron chi connectivity index (χ3n) is 3.30. The van der Waals surface area contributed by atoms with Gasteiger partial charge in [-0.05, 0) is 30.7 Å². The number of hydrogen-bond donors (Lipinski definition) is 0. The second-order valence-electron chi connectivity index (χ2n) is 4.69. The first-order chi connectivity index (χ1) is 9.99. The number of aromatic nitrogens is 1. The molecule has 21 heavy (non-hydrogen) atoms. The van der Waals surface area contributed by atoms with Gasteiger partial charge in [0.25, 0.3) is 0 Å². The zero-order chi connectivity index (χ0) is 15.1. The fourth-order valence-electron chi connectivity index (χ4n) is 2.25. The van der Waals surface area contributed by atoms with Crippen LogP contribution in [0.25, 0.3) is 22.2 Å². The Labute approximate surface area is 117 Å². The average Bonchev–Trinajstić information content (AvgIpc) is 2.49. The molecular weight excluding hydrogens is 282 g/mol. The molecule has 0 aliphatic rings. The lowest BCUT2D eigenvalue weighted by molar-refractivity contribution is 0.410. The maximum atomic E-state index is 13.8. The van der Waals surface area contributed by atoms with Crippen LogP contribution < -0.4 is 0 Å². The van der Waals surface area contributed by atoms with Crippen molar-refractivity contribution in [3.63, 3.8) is 0 Å². The van der Waals surface area contributed by atoms with Gasteiger partial charge in [-0.1, -0.05) is 18.2 Å². The Balaban J connectivity index is 2.31. The van der Waals surface area contributed by atoms with E-state index in [4.69, 9.17) is 0 Å². The highest BCUT2D eigenvalue weighted by molar-refractivity contribution is 5.84. The summed E-state index contributed by atoms with van der Waals surface area (Å²) in [6.07, 6.45) is 0. The summed E-state index contributed by atoms with van der Waals surface area (Å²) in [6.45, 7) is 1.78. The monoisotopic (exact) mass is 291 g/mol. The van der Waals surface area contributed by atoms with E-state index >= 15 is 0 Å². The molecular formula is C16H9F4N. The topological polar surface area (TPSA) is 12.9 Å². The highest BCUT2D eigenvalue weighted by Gasteiger charge is 2.20. The van der Waals surface area contributed by atoms with Crippen LogP contribution in [-0.2, 0) is 0 Å². The van der Waals surface area contributed by atoms with E-state index in [1.54, 1.807) is 19.1 Å². The number of fused-ring (bicyclic) bond motifs is 1. The van der Waals surface area contributed by atoms with Crippen molar-refractivity contribution < 1.29 is 17.6 Å². The Morgan fingerprint density at radius 1 is 0.857 bits per heavy atom. The van der Waals surface area contributed by atoms with Crippen LogP contribution in [0.1, 0.15) is 5.56 Å². The van der Waals surface area contributed by atoms with Gasteiger partial charge in [0.05, 0.1) is 11.2 Å². The smallest absolute Gasteiger partial charge is 0.198 e. The Bertz CT molecular complexity index is 859. The molecule has 0 saturated carbocycles. The van der Waals surface area contributed by atoms with Gasteiger partial charge in [0.15, 0.2) is 23.3 Å². The van der Waals surface area contributed by atoms with E-state index < -0.39 is 28.8 Å². The summed E-state index contributed by atoms with van der Waals surface area (Å²) in [7, 11) is 0. The SMILES string of the molecule is Cc1cc(-c2cc(F)c(F)c(F)c2F)nc2ccccc12. The van der Waals surface area contributed by atoms with Gasteiger partial charge in [0.2, 0.25) is 0 Å². The lowest BCUT2D eigenvalue weighted by atomic mass is 10.0. The molecule has 1 heterocycles. The van der Waals surface area contributed by atoms with Crippen molar-refractivity contribution in [2.75, 3.05) is 0 Å². The Morgan fingerprint density at radius 3 is 2.33 bits per heavy atom. The molecule has 0 N–H and O–H groups in total. The van der Waals surface area contributed by atoms with E-state index in [1.165, 1.54) is 6.07 Å². The van der Waals surface area contributed by atoms with Crippen molar-refractivity contribution in [3.8, 4) is 11.3 Å². The lowest BCUT2D eigenvalue weighted by Crippen LogP contribution is -2.00. The number of nitrogens with zero attached hydrogens (tertiary/aromatic N) is 1. The van der Waals surface area contributed by atoms with Gasteiger partial charge >= 0.3 is 0 Å². The van der Waals surface area contributed by atoms with Crippen molar-refractivity contribution in [1.29, 1.82) is 0 Å². The van der Waals surface area contributed by atoms with Crippen molar-refractivity contribution in [2.24, 2.45) is 0 Å². The first kappa shape index (κ1) is 13.5. The van der Waals surface area contributed by atoms with Crippen LogP contribution in [0.4, 0.5) is 17.6 Å². The van der Waals surface area contributed by atoms with E-state index in [9.17, 15) is 17.6 Å². The standard InChI is InChI=1S/C16H9F4N/c1-8-6-13(21-12-5-3-2-4-9(8)12)10-7-11(17)15(19)16(20)14(10)18/h2-7H,1H3. The van der Waals surface area contributed by atoms with Gasteiger partial charge in [-0.2, -0.15) is 0 Å². The number of benzene rings is 2. The van der Waals surface area contributed by atoms with E-state index in [0.717, 1.165) is 10.9 Å². The van der Waals surface area contributed by atoms with Gasteiger partial charge < -0.3 is 0 Å². The van der Waals surface area contributed by atoms with Crippen molar-refractivity contribution in [2.45, 2.75) is 6.92 Å². The number of halogens is 4. The fraction of sp³-hybridized carbons (Fsp3) is 0.0625. The summed E-state index contributed by atoms with van der Waals surface area (Å²) < 4.78 is 53.5. The minimum absolute atomic E-state index is 0.0569. The van der Waals surface area contributed by atoms with Gasteiger partial charge in [-0.3, -0.25) is 0 Å². The Morgan fingerprint density at radius 2 is 1.57 bits per heavy atom. The maximum Gasteiger partial charge on any atom is 0.198 e. The molecule has 5 heteroatoms. The summed E-state index contributed by atoms with van der Waals surface area (Å²) >= 11 is 0. The lowest BCUT2D eigenvalue weighted by Gasteiger charge is -2.09. The average molecular weight is 291 g/mol. The molecule has 0 spiro atoms. The molecule has 0 atom stereocenters. The van der Waals surface area contributed by atoms with Crippen molar-refractivity contribution in [1.82, 2.24) is 4.98 Å². The summed E-state index contributed by atoms with van der Waals surface area (Å²) in [5.74, 6) is -6.56. The molecule has 0 radical (unpaired) electrons. The number of rotatable bonds is 1. The number of para-hydroxylation sites is 1. The molecule has 0 aliphatic heterocycles. The minimum Gasteiger partial charge on any atom is -0.248 e. The zero-order valence-corrected chi connectivity index (χ0v) is 10.9. The number of hydrogen-bond acceptors (Lipinski definition) is 1. The molecule has 0 unspecified atom stereocenters. The summed E-state index contributed by atoms with van der Waals surface area (Å²) in [6, 6.07) is 9.25. The zero-order valence-electron chi connectivity index (χ0n) is 10.9. The quantitative estimate of drug-likeness (QED) is 0.357. The first-order valence-corrected chi connectivity index (χ1v) is 6.19. The molecule has 3 aromatic rings. The molecule has 2 aromatic carbocycles. The van der Waals surface area contributed by atoms with E-state index in [1.807, 2.05) is 12.1 Å². The molecule has 3 rings (SSSR count). The van der Waals surface area contributed by atoms with E-state index in [2.05, 4.69) is 4.98 Å². The summed E-state index contributed by atoms with van der Waals surface area (Å²) in [5.41, 5.74) is 0.999. The molecule has 0 fully saturated rings. The molecule has 0 amide bonds. The Kier molecular flexibility index (Phi) is 3.12. The molecule has 0 saturated heterocycles. The predicted octanol–water partition coefficient (Wildman–Crippen LogP) is 4.77. The third-order valence-corrected chi connectivity index (χ3v) is 3.30. The van der Waals surface area contributed by atoms with Crippen LogP contribution >= 0.6 is 0 Å². The first-order valence-electron chi connectivity index (χ1n) is 6.19. The second-order valence-corrected chi connectivity index (χ2v) is 4.69. The minimum atomic E-state index is -1.84. The fourth-order valence-corrected chi connectivity index (χ4v) is 2.25. The van der Waals surface area contributed by atoms with E-state index in [-0.39, 0.29) is 5.69 Å². The third kappa shape index (κ3) is 2.14. The maximum absolute atomic E-state index is 13.8. The highest BCUT2D eigenvalue weighted by Crippen LogP contribution is 2.29. The second kappa shape index (κ2) is 4.84. The molecule has 0 aliphatic carbocycles. The van der Waals surface area contributed by atoms with Crippen LogP contribution in [-0.4, -0.2) is 4.98 Å². The molecule has 0 bridgehead atoms. The Hall–Kier alpha value is -2.43. The predicted molar refractivity (Wildman–Crippen MR) is 71.7 cm³/mol. The van der Waals surface area contributed by atoms with Gasteiger partial charge in [0, 0.05) is 10.9 Å². The molecule has 1 nitrogen and oxygen atoms in total. The molecule has 1 aromatic heterocycles. The summed E-state index contributed by atoms with van der Waals surface area (Å²) in [4.78, 5) is 4.18. The van der Waals surface area contributed by atoms with Gasteiger partial charge in [0.1, 0.15) is 0 Å². The summed E-state index contributed by atoms with van der Waals surface area (Å²) in [5, 5.41) is 0.852.